The van der Waals surface area contributed by atoms with Crippen molar-refractivity contribution in [1.82, 2.24) is 9.80 Å². The SMILES string of the molecule is C1CCN2C[C@H]3C[C@H](CN4CCCC[C@@H]34)[C@H]2C1.CC(=O)CCC(C(O)CCCOCc1ccccc1)[N+](=O)[O-].COC(=O)CCC[N+](=O)[O-].O=CCCCOCc1ccccc1. The fourth-order valence-corrected chi connectivity index (χ4v) is 8.88. The minimum Gasteiger partial charge on any atom is -0.469 e. The minimum atomic E-state index is -1.09. The molecule has 62 heavy (non-hydrogen) atoms. The van der Waals surface area contributed by atoms with E-state index in [0.29, 0.717) is 45.7 Å². The average Bonchev–Trinajstić information content (AvgIpc) is 3.27. The standard InChI is InChI=1S/C16H23NO5.C15H26N2.C11H14O2.C5H9NO4/c1-13(18)9-10-15(17(20)21)16(19)8-5-11-22-12-14-6-3-2-4-7-14;1-3-7-16-11-13-9-12(14(16)5-1)10-17-8-4-2-6-15(13)17;12-8-4-5-9-13-10-11-6-2-1-3-7-11;1-10-5(7)3-2-4-6(8)9/h2-4,6-7,15-16,19H,5,8-12H2,1H3;12-15H,1-11H2;1-3,6-8H,4-5,9-10H2;2-4H2,1H3/t;12-,13-,14-,15+;;/m.1../s1. The number of carbonyl (C=O) groups excluding carboxylic acids is 3. The number of ether oxygens (including phenoxy) is 3. The highest BCUT2D eigenvalue weighted by Gasteiger charge is 2.46. The predicted octanol–water partition coefficient (Wildman–Crippen LogP) is 7.10. The zero-order valence-electron chi connectivity index (χ0n) is 37.1. The zero-order valence-corrected chi connectivity index (χ0v) is 37.1. The molecule has 15 nitrogen and oxygen atoms in total. The smallest absolute Gasteiger partial charge is 0.305 e. The van der Waals surface area contributed by atoms with Crippen molar-refractivity contribution in [3.8, 4) is 0 Å². The lowest BCUT2D eigenvalue weighted by Gasteiger charge is -2.57. The molecule has 346 valence electrons. The Hall–Kier alpha value is -4.15. The Morgan fingerprint density at radius 3 is 1.79 bits per heavy atom. The third-order valence-corrected chi connectivity index (χ3v) is 12.0. The first-order valence-corrected chi connectivity index (χ1v) is 22.7. The molecule has 2 unspecified atom stereocenters. The molecule has 0 amide bonds. The minimum absolute atomic E-state index is 0.0778. The van der Waals surface area contributed by atoms with Crippen LogP contribution in [0, 0.1) is 32.1 Å². The lowest BCUT2D eigenvalue weighted by molar-refractivity contribution is -0.535. The van der Waals surface area contributed by atoms with E-state index >= 15 is 0 Å². The van der Waals surface area contributed by atoms with E-state index in [1.165, 1.54) is 84.3 Å². The third kappa shape index (κ3) is 20.8. The molecule has 4 fully saturated rings. The van der Waals surface area contributed by atoms with Gasteiger partial charge in [0.1, 0.15) is 18.2 Å². The number of fused-ring (bicyclic) bond motifs is 6. The molecule has 0 radical (unpaired) electrons. The summed E-state index contributed by atoms with van der Waals surface area (Å²) in [5, 5.41) is 30.6. The van der Waals surface area contributed by atoms with Crippen LogP contribution in [0.4, 0.5) is 0 Å². The first kappa shape index (κ1) is 52.2. The largest absolute Gasteiger partial charge is 0.469 e. The Morgan fingerprint density at radius 2 is 1.32 bits per heavy atom. The quantitative estimate of drug-likeness (QED) is 0.0440. The number of unbranched alkanes of at least 4 members (excludes halogenated alkanes) is 1. The first-order valence-electron chi connectivity index (χ1n) is 22.7. The Labute approximate surface area is 368 Å². The molecule has 4 saturated heterocycles. The molecule has 2 aromatic carbocycles. The van der Waals surface area contributed by atoms with Crippen molar-refractivity contribution in [2.45, 2.75) is 141 Å². The molecule has 1 N–H and O–H groups in total. The monoisotopic (exact) mass is 869 g/mol. The van der Waals surface area contributed by atoms with Gasteiger partial charge in [-0.2, -0.15) is 0 Å². The maximum Gasteiger partial charge on any atom is 0.305 e. The molecule has 0 aromatic heterocycles. The van der Waals surface area contributed by atoms with Crippen LogP contribution in [0.2, 0.25) is 0 Å². The number of aliphatic hydroxyl groups is 1. The summed E-state index contributed by atoms with van der Waals surface area (Å²) in [5.74, 6) is 1.53. The number of methoxy groups -OCH3 is 1. The second-order valence-corrected chi connectivity index (χ2v) is 16.8. The van der Waals surface area contributed by atoms with Crippen LogP contribution in [0.5, 0.6) is 0 Å². The van der Waals surface area contributed by atoms with Crippen LogP contribution < -0.4 is 0 Å². The molecule has 4 heterocycles. The van der Waals surface area contributed by atoms with Crippen molar-refractivity contribution in [1.29, 1.82) is 0 Å². The Balaban J connectivity index is 0.000000229. The molecule has 6 atom stereocenters. The molecule has 2 bridgehead atoms. The lowest BCUT2D eigenvalue weighted by Crippen LogP contribution is -2.63. The summed E-state index contributed by atoms with van der Waals surface area (Å²) in [6.07, 6.45) is 13.1. The van der Waals surface area contributed by atoms with Crippen molar-refractivity contribution < 1.29 is 43.5 Å². The number of piperidine rings is 4. The number of nitro groups is 2. The van der Waals surface area contributed by atoms with Gasteiger partial charge < -0.3 is 28.9 Å². The van der Waals surface area contributed by atoms with Gasteiger partial charge in [0.2, 0.25) is 12.6 Å². The van der Waals surface area contributed by atoms with Crippen molar-refractivity contribution in [3.63, 3.8) is 0 Å². The number of ketones is 1. The van der Waals surface area contributed by atoms with E-state index in [0.717, 1.165) is 42.2 Å². The highest BCUT2D eigenvalue weighted by atomic mass is 16.6. The van der Waals surface area contributed by atoms with Crippen LogP contribution in [0.25, 0.3) is 0 Å². The number of nitrogens with zero attached hydrogens (tertiary/aromatic N) is 4. The van der Waals surface area contributed by atoms with E-state index < -0.39 is 28.0 Å². The molecule has 4 aliphatic heterocycles. The van der Waals surface area contributed by atoms with Gasteiger partial charge >= 0.3 is 5.97 Å². The Morgan fingerprint density at radius 1 is 0.790 bits per heavy atom. The third-order valence-electron chi connectivity index (χ3n) is 12.0. The average molecular weight is 869 g/mol. The van der Waals surface area contributed by atoms with Crippen molar-refractivity contribution in [3.05, 3.63) is 92.0 Å². The molecule has 0 saturated carbocycles. The second kappa shape index (κ2) is 30.8. The second-order valence-electron chi connectivity index (χ2n) is 16.8. The highest BCUT2D eigenvalue weighted by molar-refractivity contribution is 5.75. The molecule has 15 heteroatoms. The van der Waals surface area contributed by atoms with Crippen molar-refractivity contribution in [2.75, 3.05) is 53.0 Å². The Bertz CT molecular complexity index is 1540. The molecule has 0 spiro atoms. The van der Waals surface area contributed by atoms with Crippen LogP contribution in [-0.4, -0.2) is 120 Å². The zero-order chi connectivity index (χ0) is 45.0. The van der Waals surface area contributed by atoms with Gasteiger partial charge in [-0.3, -0.25) is 34.8 Å². The summed E-state index contributed by atoms with van der Waals surface area (Å²) in [4.78, 5) is 56.7. The normalized spacial score (nSPS) is 21.3. The van der Waals surface area contributed by atoms with E-state index in [2.05, 4.69) is 14.5 Å². The van der Waals surface area contributed by atoms with Crippen LogP contribution in [-0.2, 0) is 41.8 Å². The number of rotatable bonds is 21. The van der Waals surface area contributed by atoms with Gasteiger partial charge in [0, 0.05) is 73.9 Å². The summed E-state index contributed by atoms with van der Waals surface area (Å²) < 4.78 is 15.1. The summed E-state index contributed by atoms with van der Waals surface area (Å²) in [7, 11) is 1.26. The topological polar surface area (TPSA) is 192 Å². The molecule has 2 aromatic rings. The number of esters is 1. The first-order chi connectivity index (χ1) is 30.0. The number of carbonyl (C=O) groups is 3. The fraction of sp³-hybridized carbons (Fsp3) is 0.681. The molecule has 6 rings (SSSR count). The van der Waals surface area contributed by atoms with E-state index in [9.17, 15) is 39.7 Å². The van der Waals surface area contributed by atoms with Gasteiger partial charge in [-0.25, -0.2) is 0 Å². The maximum atomic E-state index is 10.9. The van der Waals surface area contributed by atoms with Gasteiger partial charge in [0.15, 0.2) is 0 Å². The number of aliphatic hydroxyl groups excluding tert-OH is 1. The van der Waals surface area contributed by atoms with Gasteiger partial charge in [-0.05, 0) is 94.3 Å². The number of hydrogen-bond donors (Lipinski definition) is 1. The van der Waals surface area contributed by atoms with Gasteiger partial charge in [0.05, 0.1) is 26.7 Å². The number of aldehydes is 1. The van der Waals surface area contributed by atoms with Gasteiger partial charge in [-0.1, -0.05) is 73.5 Å². The maximum absolute atomic E-state index is 10.9. The van der Waals surface area contributed by atoms with Crippen molar-refractivity contribution >= 4 is 18.0 Å². The molecular formula is C47H72N4O11. The molecule has 0 aliphatic carbocycles. The molecular weight excluding hydrogens is 797 g/mol. The van der Waals surface area contributed by atoms with Crippen LogP contribution >= 0.6 is 0 Å². The summed E-state index contributed by atoms with van der Waals surface area (Å²) >= 11 is 0. The lowest BCUT2D eigenvalue weighted by atomic mass is 9.71. The summed E-state index contributed by atoms with van der Waals surface area (Å²) in [6, 6.07) is 20.6. The summed E-state index contributed by atoms with van der Waals surface area (Å²) in [6.45, 7) is 9.12. The highest BCUT2D eigenvalue weighted by Crippen LogP contribution is 2.42. The van der Waals surface area contributed by atoms with Gasteiger partial charge in [0.25, 0.3) is 0 Å². The summed E-state index contributed by atoms with van der Waals surface area (Å²) in [5.41, 5.74) is 2.24. The van der Waals surface area contributed by atoms with Crippen molar-refractivity contribution in [2.24, 2.45) is 11.8 Å². The van der Waals surface area contributed by atoms with E-state index in [1.54, 1.807) is 6.42 Å². The van der Waals surface area contributed by atoms with E-state index in [1.807, 2.05) is 60.7 Å². The molecule has 4 aliphatic rings. The van der Waals surface area contributed by atoms with Crippen LogP contribution in [0.3, 0.4) is 0 Å². The van der Waals surface area contributed by atoms with Gasteiger partial charge in [-0.15, -0.1) is 0 Å². The van der Waals surface area contributed by atoms with E-state index in [-0.39, 0.29) is 38.0 Å². The number of Topliss-reactive ketones (excluding diaryl/α,β-unsaturated/α-hetero) is 1. The van der Waals surface area contributed by atoms with E-state index in [4.69, 9.17) is 9.47 Å². The number of benzene rings is 2. The number of hydrogen-bond acceptors (Lipinski definition) is 13. The Kier molecular flexibility index (Phi) is 25.9. The van der Waals surface area contributed by atoms with Crippen LogP contribution in [0.1, 0.15) is 114 Å². The van der Waals surface area contributed by atoms with Crippen LogP contribution in [0.15, 0.2) is 60.7 Å². The predicted molar refractivity (Wildman–Crippen MR) is 237 cm³/mol. The fourth-order valence-electron chi connectivity index (χ4n) is 8.88.